The molecule has 2 nitrogen and oxygen atoms in total. The van der Waals surface area contributed by atoms with Crippen molar-refractivity contribution in [2.24, 2.45) is 0 Å². The first-order chi connectivity index (χ1) is 2.91. The zero-order chi connectivity index (χ0) is 4.83. The third kappa shape index (κ3) is 3.92. The van der Waals surface area contributed by atoms with Gasteiger partial charge in [0.1, 0.15) is 6.79 Å². The monoisotopic (exact) mass is 89.1 g/mol. The lowest BCUT2D eigenvalue weighted by molar-refractivity contribution is 0.00908. The second-order valence-corrected chi connectivity index (χ2v) is 0.908. The van der Waals surface area contributed by atoms with Gasteiger partial charge in [-0.2, -0.15) is 0 Å². The molecule has 0 saturated heterocycles. The van der Waals surface area contributed by atoms with E-state index in [4.69, 9.17) is 5.11 Å². The van der Waals surface area contributed by atoms with Crippen LogP contribution in [0.2, 0.25) is 0 Å². The minimum atomic E-state index is -0.176. The molecule has 0 fully saturated rings. The van der Waals surface area contributed by atoms with Crippen LogP contribution in [-0.2, 0) is 4.74 Å². The van der Waals surface area contributed by atoms with Gasteiger partial charge in [0.05, 0.1) is 6.61 Å². The molecule has 1 N–H and O–H groups in total. The van der Waals surface area contributed by atoms with Gasteiger partial charge in [-0.25, -0.2) is 0 Å². The number of hydrogen-bond acceptors (Lipinski definition) is 2. The maximum Gasteiger partial charge on any atom is 0.143 e. The second kappa shape index (κ2) is 4.92. The minimum Gasteiger partial charge on any atom is -0.371 e. The number of rotatable bonds is 3. The summed E-state index contributed by atoms with van der Waals surface area (Å²) in [7, 11) is 0. The second-order valence-electron chi connectivity index (χ2n) is 0.908. The predicted molar refractivity (Wildman–Crippen MR) is 23.0 cm³/mol. The summed E-state index contributed by atoms with van der Waals surface area (Å²) < 4.78 is 4.48. The van der Waals surface area contributed by atoms with Crippen molar-refractivity contribution in [3.05, 3.63) is 6.42 Å². The Kier molecular flexibility index (Phi) is 4.85. The van der Waals surface area contributed by atoms with Crippen LogP contribution in [0.4, 0.5) is 0 Å². The molecule has 0 aliphatic rings. The Morgan fingerprint density at radius 2 is 2.50 bits per heavy atom. The van der Waals surface area contributed by atoms with Crippen LogP contribution in [0.25, 0.3) is 0 Å². The smallest absolute Gasteiger partial charge is 0.143 e. The number of aliphatic hydroxyl groups excluding tert-OH is 1. The van der Waals surface area contributed by atoms with Crippen LogP contribution in [0.15, 0.2) is 0 Å². The molecule has 2 heteroatoms. The summed E-state index contributed by atoms with van der Waals surface area (Å²) in [6.45, 7) is 2.23. The average molecular weight is 89.1 g/mol. The first-order valence-corrected chi connectivity index (χ1v) is 1.88. The van der Waals surface area contributed by atoms with Crippen LogP contribution >= 0.6 is 0 Å². The van der Waals surface area contributed by atoms with Gasteiger partial charge in [0, 0.05) is 0 Å². The maximum absolute atomic E-state index is 7.96. The van der Waals surface area contributed by atoms with Gasteiger partial charge in [0.15, 0.2) is 0 Å². The van der Waals surface area contributed by atoms with Crippen LogP contribution in [0.5, 0.6) is 0 Å². The first-order valence-electron chi connectivity index (χ1n) is 1.88. The highest BCUT2D eigenvalue weighted by Gasteiger charge is 1.74. The molecule has 0 aliphatic carbocycles. The molecule has 0 bridgehead atoms. The Labute approximate surface area is 37.7 Å². The van der Waals surface area contributed by atoms with E-state index < -0.39 is 0 Å². The highest BCUT2D eigenvalue weighted by Crippen LogP contribution is 1.72. The van der Waals surface area contributed by atoms with Crippen molar-refractivity contribution in [3.8, 4) is 0 Å². The molecule has 0 aromatic heterocycles. The fourth-order valence-corrected chi connectivity index (χ4v) is 0.171. The fourth-order valence-electron chi connectivity index (χ4n) is 0.171. The molecule has 0 atom stereocenters. The quantitative estimate of drug-likeness (QED) is 0.394. The Bertz CT molecular complexity index is 17.5. The topological polar surface area (TPSA) is 29.5 Å². The molecule has 0 saturated carbocycles. The van der Waals surface area contributed by atoms with Crippen molar-refractivity contribution in [3.63, 3.8) is 0 Å². The molecule has 0 spiro atoms. The standard InChI is InChI=1S/C4H9O2/c1-2-3-6-4-5/h2,5H,3-4H2,1H3. The van der Waals surface area contributed by atoms with Gasteiger partial charge in [-0.05, 0) is 6.42 Å². The lowest BCUT2D eigenvalue weighted by Gasteiger charge is -1.90. The van der Waals surface area contributed by atoms with E-state index in [0.717, 1.165) is 0 Å². The van der Waals surface area contributed by atoms with Crippen molar-refractivity contribution in [1.29, 1.82) is 0 Å². The minimum absolute atomic E-state index is 0.176. The van der Waals surface area contributed by atoms with Crippen molar-refractivity contribution in [2.75, 3.05) is 13.4 Å². The summed E-state index contributed by atoms with van der Waals surface area (Å²) >= 11 is 0. The van der Waals surface area contributed by atoms with Crippen molar-refractivity contribution < 1.29 is 9.84 Å². The van der Waals surface area contributed by atoms with Crippen LogP contribution in [-0.4, -0.2) is 18.5 Å². The van der Waals surface area contributed by atoms with E-state index in [-0.39, 0.29) is 6.79 Å². The normalized spacial score (nSPS) is 9.00. The number of aliphatic hydroxyl groups is 1. The molecule has 0 aliphatic heterocycles. The lowest BCUT2D eigenvalue weighted by Crippen LogP contribution is -1.92. The summed E-state index contributed by atoms with van der Waals surface area (Å²) in [6, 6.07) is 0. The van der Waals surface area contributed by atoms with Crippen LogP contribution < -0.4 is 0 Å². The van der Waals surface area contributed by atoms with Gasteiger partial charge in [0.25, 0.3) is 0 Å². The summed E-state index contributed by atoms with van der Waals surface area (Å²) in [5.74, 6) is 0. The van der Waals surface area contributed by atoms with Gasteiger partial charge in [0.2, 0.25) is 0 Å². The molecule has 6 heavy (non-hydrogen) atoms. The third-order valence-electron chi connectivity index (χ3n) is 0.376. The van der Waals surface area contributed by atoms with Crippen molar-refractivity contribution in [2.45, 2.75) is 6.92 Å². The summed E-state index contributed by atoms with van der Waals surface area (Å²) in [5.41, 5.74) is 0. The number of hydrogen-bond donors (Lipinski definition) is 1. The molecule has 0 unspecified atom stereocenters. The molecule has 0 aromatic carbocycles. The summed E-state index contributed by atoms with van der Waals surface area (Å²) in [6.07, 6.45) is 1.83. The van der Waals surface area contributed by atoms with E-state index in [9.17, 15) is 0 Å². The van der Waals surface area contributed by atoms with E-state index >= 15 is 0 Å². The SMILES string of the molecule is C[CH]COCO. The van der Waals surface area contributed by atoms with E-state index in [0.29, 0.717) is 6.61 Å². The van der Waals surface area contributed by atoms with E-state index in [1.165, 1.54) is 0 Å². The van der Waals surface area contributed by atoms with E-state index in [1.54, 1.807) is 0 Å². The van der Waals surface area contributed by atoms with Crippen LogP contribution in [0, 0.1) is 6.42 Å². The molecule has 37 valence electrons. The Balaban J connectivity index is 2.34. The molecule has 0 rings (SSSR count). The zero-order valence-corrected chi connectivity index (χ0v) is 3.85. The molecular weight excluding hydrogens is 80.0 g/mol. The first kappa shape index (κ1) is 5.92. The maximum atomic E-state index is 7.96. The summed E-state index contributed by atoms with van der Waals surface area (Å²) in [5, 5.41) is 7.96. The molecular formula is C4H9O2. The molecule has 1 radical (unpaired) electrons. The van der Waals surface area contributed by atoms with Crippen molar-refractivity contribution in [1.82, 2.24) is 0 Å². The Morgan fingerprint density at radius 1 is 1.83 bits per heavy atom. The van der Waals surface area contributed by atoms with Crippen LogP contribution in [0.1, 0.15) is 6.92 Å². The van der Waals surface area contributed by atoms with Crippen LogP contribution in [0.3, 0.4) is 0 Å². The van der Waals surface area contributed by atoms with Gasteiger partial charge in [-0.1, -0.05) is 6.92 Å². The van der Waals surface area contributed by atoms with E-state index in [2.05, 4.69) is 4.74 Å². The molecule has 0 heterocycles. The molecule has 0 aromatic rings. The van der Waals surface area contributed by atoms with Gasteiger partial charge in [-0.15, -0.1) is 0 Å². The van der Waals surface area contributed by atoms with Gasteiger partial charge < -0.3 is 9.84 Å². The van der Waals surface area contributed by atoms with Gasteiger partial charge >= 0.3 is 0 Å². The predicted octanol–water partition coefficient (Wildman–Crippen LogP) is 0.177. The Morgan fingerprint density at radius 3 is 2.67 bits per heavy atom. The highest BCUT2D eigenvalue weighted by molar-refractivity contribution is 4.48. The zero-order valence-electron chi connectivity index (χ0n) is 3.85. The third-order valence-corrected chi connectivity index (χ3v) is 0.376. The lowest BCUT2D eigenvalue weighted by atomic mass is 10.5. The number of ether oxygens (including phenoxy) is 1. The average Bonchev–Trinajstić information content (AvgIpc) is 1.61. The van der Waals surface area contributed by atoms with Gasteiger partial charge in [-0.3, -0.25) is 0 Å². The Hall–Kier alpha value is -0.0800. The fraction of sp³-hybridized carbons (Fsp3) is 0.750. The summed E-state index contributed by atoms with van der Waals surface area (Å²) in [4.78, 5) is 0. The van der Waals surface area contributed by atoms with E-state index in [1.807, 2.05) is 13.3 Å². The van der Waals surface area contributed by atoms with Crippen molar-refractivity contribution >= 4 is 0 Å². The highest BCUT2D eigenvalue weighted by atomic mass is 16.6. The largest absolute Gasteiger partial charge is 0.371 e. The molecule has 0 amide bonds.